The Hall–Kier alpha value is -1.88. The molecule has 4 rings (SSSR count). The van der Waals surface area contributed by atoms with Gasteiger partial charge in [0.05, 0.1) is 0 Å². The van der Waals surface area contributed by atoms with Gasteiger partial charge in [0, 0.05) is 30.8 Å². The first-order valence-corrected chi connectivity index (χ1v) is 9.08. The zero-order valence-corrected chi connectivity index (χ0v) is 14.1. The number of aryl methyl sites for hydroxylation is 1. The quantitative estimate of drug-likeness (QED) is 0.831. The predicted molar refractivity (Wildman–Crippen MR) is 93.1 cm³/mol. The Morgan fingerprint density at radius 2 is 1.79 bits per heavy atom. The van der Waals surface area contributed by atoms with Crippen LogP contribution in [0.1, 0.15) is 48.0 Å². The standard InChI is InChI=1S/C19H25N3O2/c23-17-4-2-14-13-15(1-3-16(14)21-17)18(24)22-11-7-19(8-12-22)5-9-20-10-6-19/h1,3,13,20H,2,4-12H2,(H,21,23). The zero-order valence-electron chi connectivity index (χ0n) is 14.1. The van der Waals surface area contributed by atoms with E-state index < -0.39 is 0 Å². The summed E-state index contributed by atoms with van der Waals surface area (Å²) in [5, 5.41) is 6.31. The average molecular weight is 327 g/mol. The fraction of sp³-hybridized carbons (Fsp3) is 0.579. The number of rotatable bonds is 1. The van der Waals surface area contributed by atoms with E-state index in [0.29, 0.717) is 11.8 Å². The lowest BCUT2D eigenvalue weighted by molar-refractivity contribution is -0.116. The van der Waals surface area contributed by atoms with Crippen molar-refractivity contribution in [2.75, 3.05) is 31.5 Å². The van der Waals surface area contributed by atoms with E-state index in [2.05, 4.69) is 10.6 Å². The van der Waals surface area contributed by atoms with E-state index in [9.17, 15) is 9.59 Å². The summed E-state index contributed by atoms with van der Waals surface area (Å²) in [6, 6.07) is 5.69. The van der Waals surface area contributed by atoms with Crippen LogP contribution in [0.3, 0.4) is 0 Å². The molecule has 2 saturated heterocycles. The molecule has 0 saturated carbocycles. The van der Waals surface area contributed by atoms with Crippen molar-refractivity contribution in [1.82, 2.24) is 10.2 Å². The molecule has 1 spiro atoms. The van der Waals surface area contributed by atoms with E-state index in [1.165, 1.54) is 12.8 Å². The zero-order chi connectivity index (χ0) is 16.6. The number of fused-ring (bicyclic) bond motifs is 1. The topological polar surface area (TPSA) is 61.4 Å². The molecular formula is C19H25N3O2. The third-order valence-corrected chi connectivity index (χ3v) is 6.02. The molecule has 3 aliphatic rings. The third kappa shape index (κ3) is 2.93. The van der Waals surface area contributed by atoms with Gasteiger partial charge < -0.3 is 15.5 Å². The first-order chi connectivity index (χ1) is 11.7. The summed E-state index contributed by atoms with van der Waals surface area (Å²) in [5.74, 6) is 0.198. The number of hydrogen-bond donors (Lipinski definition) is 2. The molecule has 0 aliphatic carbocycles. The second-order valence-electron chi connectivity index (χ2n) is 7.46. The van der Waals surface area contributed by atoms with Gasteiger partial charge in [0.1, 0.15) is 0 Å². The summed E-state index contributed by atoms with van der Waals surface area (Å²) >= 11 is 0. The van der Waals surface area contributed by atoms with Gasteiger partial charge in [-0.05, 0) is 74.4 Å². The maximum Gasteiger partial charge on any atom is 0.253 e. The van der Waals surface area contributed by atoms with Crippen LogP contribution in [0.2, 0.25) is 0 Å². The molecular weight excluding hydrogens is 302 g/mol. The SMILES string of the molecule is O=C1CCc2cc(C(=O)N3CCC4(CCNCC4)CC3)ccc2N1. The number of likely N-dealkylation sites (tertiary alicyclic amines) is 1. The Morgan fingerprint density at radius 1 is 1.04 bits per heavy atom. The molecule has 3 aliphatic heterocycles. The smallest absolute Gasteiger partial charge is 0.253 e. The molecule has 24 heavy (non-hydrogen) atoms. The van der Waals surface area contributed by atoms with Crippen LogP contribution in [-0.2, 0) is 11.2 Å². The molecule has 5 nitrogen and oxygen atoms in total. The van der Waals surface area contributed by atoms with Crippen LogP contribution in [-0.4, -0.2) is 42.9 Å². The lowest BCUT2D eigenvalue weighted by Crippen LogP contribution is -2.47. The minimum Gasteiger partial charge on any atom is -0.339 e. The number of carbonyl (C=O) groups excluding carboxylic acids is 2. The number of hydrogen-bond acceptors (Lipinski definition) is 3. The highest BCUT2D eigenvalue weighted by Gasteiger charge is 2.36. The first kappa shape index (κ1) is 15.6. The molecule has 0 unspecified atom stereocenters. The summed E-state index contributed by atoms with van der Waals surface area (Å²) in [4.78, 5) is 26.3. The monoisotopic (exact) mass is 327 g/mol. The van der Waals surface area contributed by atoms with Gasteiger partial charge >= 0.3 is 0 Å². The van der Waals surface area contributed by atoms with Gasteiger partial charge in [-0.2, -0.15) is 0 Å². The second kappa shape index (κ2) is 6.20. The van der Waals surface area contributed by atoms with Crippen LogP contribution in [0.15, 0.2) is 18.2 Å². The highest BCUT2D eigenvalue weighted by molar-refractivity contribution is 5.98. The second-order valence-corrected chi connectivity index (χ2v) is 7.46. The van der Waals surface area contributed by atoms with E-state index in [4.69, 9.17) is 0 Å². The molecule has 0 bridgehead atoms. The minimum atomic E-state index is 0.0601. The van der Waals surface area contributed by atoms with Crippen molar-refractivity contribution in [3.63, 3.8) is 0 Å². The van der Waals surface area contributed by atoms with Crippen LogP contribution >= 0.6 is 0 Å². The van der Waals surface area contributed by atoms with Crippen molar-refractivity contribution in [2.45, 2.75) is 38.5 Å². The van der Waals surface area contributed by atoms with E-state index >= 15 is 0 Å². The van der Waals surface area contributed by atoms with Gasteiger partial charge in [-0.15, -0.1) is 0 Å². The number of benzene rings is 1. The van der Waals surface area contributed by atoms with Gasteiger partial charge in [-0.25, -0.2) is 0 Å². The fourth-order valence-corrected chi connectivity index (χ4v) is 4.34. The molecule has 0 radical (unpaired) electrons. The number of anilines is 1. The van der Waals surface area contributed by atoms with Crippen LogP contribution in [0.5, 0.6) is 0 Å². The third-order valence-electron chi connectivity index (χ3n) is 6.02. The van der Waals surface area contributed by atoms with Crippen molar-refractivity contribution in [2.24, 2.45) is 5.41 Å². The Bertz CT molecular complexity index is 655. The van der Waals surface area contributed by atoms with Crippen LogP contribution in [0.4, 0.5) is 5.69 Å². The van der Waals surface area contributed by atoms with Crippen molar-refractivity contribution in [1.29, 1.82) is 0 Å². The fourth-order valence-electron chi connectivity index (χ4n) is 4.34. The molecule has 1 aromatic rings. The van der Waals surface area contributed by atoms with Crippen molar-refractivity contribution < 1.29 is 9.59 Å². The van der Waals surface area contributed by atoms with E-state index in [0.717, 1.165) is 62.3 Å². The normalized spacial score (nSPS) is 22.8. The number of nitrogens with zero attached hydrogens (tertiary/aromatic N) is 1. The first-order valence-electron chi connectivity index (χ1n) is 9.08. The van der Waals surface area contributed by atoms with Crippen molar-refractivity contribution in [3.8, 4) is 0 Å². The van der Waals surface area contributed by atoms with Gasteiger partial charge in [-0.1, -0.05) is 0 Å². The van der Waals surface area contributed by atoms with E-state index in [-0.39, 0.29) is 11.8 Å². The van der Waals surface area contributed by atoms with Crippen LogP contribution in [0, 0.1) is 5.41 Å². The Labute approximate surface area is 142 Å². The van der Waals surface area contributed by atoms with E-state index in [1.54, 1.807) is 0 Å². The van der Waals surface area contributed by atoms with Crippen molar-refractivity contribution >= 4 is 17.5 Å². The van der Waals surface area contributed by atoms with Gasteiger partial charge in [0.15, 0.2) is 0 Å². The summed E-state index contributed by atoms with van der Waals surface area (Å²) in [5.41, 5.74) is 3.15. The maximum absolute atomic E-state index is 12.8. The minimum absolute atomic E-state index is 0.0601. The molecule has 2 N–H and O–H groups in total. The van der Waals surface area contributed by atoms with Gasteiger partial charge in [-0.3, -0.25) is 9.59 Å². The number of amides is 2. The summed E-state index contributed by atoms with van der Waals surface area (Å²) in [7, 11) is 0. The largest absolute Gasteiger partial charge is 0.339 e. The molecule has 3 heterocycles. The summed E-state index contributed by atoms with van der Waals surface area (Å²) in [6.45, 7) is 3.97. The number of piperidine rings is 2. The van der Waals surface area contributed by atoms with Crippen LogP contribution < -0.4 is 10.6 Å². The van der Waals surface area contributed by atoms with Gasteiger partial charge in [0.25, 0.3) is 5.91 Å². The Morgan fingerprint density at radius 3 is 2.54 bits per heavy atom. The highest BCUT2D eigenvalue weighted by atomic mass is 16.2. The summed E-state index contributed by atoms with van der Waals surface area (Å²) in [6.07, 6.45) is 5.97. The molecule has 1 aromatic carbocycles. The highest BCUT2D eigenvalue weighted by Crippen LogP contribution is 2.39. The molecule has 0 atom stereocenters. The molecule has 128 valence electrons. The lowest BCUT2D eigenvalue weighted by atomic mass is 9.71. The van der Waals surface area contributed by atoms with Crippen molar-refractivity contribution in [3.05, 3.63) is 29.3 Å². The molecule has 0 aromatic heterocycles. The average Bonchev–Trinajstić information content (AvgIpc) is 2.62. The molecule has 5 heteroatoms. The number of nitrogens with one attached hydrogen (secondary N) is 2. The maximum atomic E-state index is 12.8. The molecule has 2 amide bonds. The summed E-state index contributed by atoms with van der Waals surface area (Å²) < 4.78 is 0. The Kier molecular flexibility index (Phi) is 4.04. The predicted octanol–water partition coefficient (Wildman–Crippen LogP) is 2.18. The number of carbonyl (C=O) groups is 2. The molecule has 2 fully saturated rings. The lowest BCUT2D eigenvalue weighted by Gasteiger charge is -2.44. The van der Waals surface area contributed by atoms with Gasteiger partial charge in [0.2, 0.25) is 5.91 Å². The Balaban J connectivity index is 1.44. The van der Waals surface area contributed by atoms with Crippen LogP contribution in [0.25, 0.3) is 0 Å². The van der Waals surface area contributed by atoms with E-state index in [1.807, 2.05) is 23.1 Å².